The van der Waals surface area contributed by atoms with Crippen LogP contribution >= 0.6 is 15.9 Å². The van der Waals surface area contributed by atoms with E-state index in [1.807, 2.05) is 60.7 Å². The number of fused-ring (bicyclic) bond motifs is 1. The Kier molecular flexibility index (Phi) is 5.12. The summed E-state index contributed by atoms with van der Waals surface area (Å²) in [6.07, 6.45) is 0. The number of methoxy groups -OCH3 is 1. The van der Waals surface area contributed by atoms with Gasteiger partial charge in [0.25, 0.3) is 5.56 Å². The summed E-state index contributed by atoms with van der Waals surface area (Å²) >= 11 is 3.47. The Bertz CT molecular complexity index is 1200. The number of aromatic nitrogens is 2. The lowest BCUT2D eigenvalue weighted by atomic mass is 10.1. The number of halogens is 1. The Hall–Kier alpha value is -3.12. The summed E-state index contributed by atoms with van der Waals surface area (Å²) < 4.78 is 12.6. The first-order valence-electron chi connectivity index (χ1n) is 8.69. The number of benzene rings is 3. The average molecular weight is 437 g/mol. The first-order chi connectivity index (χ1) is 13.7. The van der Waals surface area contributed by atoms with Crippen LogP contribution in [0.5, 0.6) is 11.5 Å². The number of para-hydroxylation sites is 2. The topological polar surface area (TPSA) is 64.2 Å². The summed E-state index contributed by atoms with van der Waals surface area (Å²) in [7, 11) is 1.58. The molecule has 0 aliphatic carbocycles. The summed E-state index contributed by atoms with van der Waals surface area (Å²) in [6.45, 7) is 0.352. The molecule has 0 spiro atoms. The molecule has 1 N–H and O–H groups in total. The molecule has 6 heteroatoms. The SMILES string of the molecule is COc1cccc(-c2nc3ccccc3c(=O)[nH]2)c1OCc1cccc(Br)c1. The Morgan fingerprint density at radius 3 is 2.68 bits per heavy atom. The maximum absolute atomic E-state index is 12.5. The van der Waals surface area contributed by atoms with E-state index in [0.29, 0.717) is 40.4 Å². The van der Waals surface area contributed by atoms with Crippen molar-refractivity contribution in [2.45, 2.75) is 6.61 Å². The van der Waals surface area contributed by atoms with Gasteiger partial charge in [-0.2, -0.15) is 0 Å². The molecule has 0 atom stereocenters. The highest BCUT2D eigenvalue weighted by Crippen LogP contribution is 2.37. The minimum atomic E-state index is -0.193. The third kappa shape index (κ3) is 3.64. The normalized spacial score (nSPS) is 10.8. The summed E-state index contributed by atoms with van der Waals surface area (Å²) in [5, 5.41) is 0.547. The maximum atomic E-state index is 12.5. The van der Waals surface area contributed by atoms with E-state index < -0.39 is 0 Å². The van der Waals surface area contributed by atoms with Crippen LogP contribution in [0.1, 0.15) is 5.56 Å². The van der Waals surface area contributed by atoms with Crippen LogP contribution in [0.2, 0.25) is 0 Å². The lowest BCUT2D eigenvalue weighted by Crippen LogP contribution is -2.10. The fraction of sp³-hybridized carbons (Fsp3) is 0.0909. The molecule has 1 heterocycles. The van der Waals surface area contributed by atoms with Gasteiger partial charge in [-0.05, 0) is 42.0 Å². The number of rotatable bonds is 5. The van der Waals surface area contributed by atoms with Crippen LogP contribution in [-0.2, 0) is 6.61 Å². The quantitative estimate of drug-likeness (QED) is 0.481. The van der Waals surface area contributed by atoms with Crippen LogP contribution in [0.4, 0.5) is 0 Å². The second-order valence-electron chi connectivity index (χ2n) is 6.19. The van der Waals surface area contributed by atoms with Gasteiger partial charge in [-0.3, -0.25) is 4.79 Å². The first kappa shape index (κ1) is 18.3. The third-order valence-electron chi connectivity index (χ3n) is 4.34. The van der Waals surface area contributed by atoms with Gasteiger partial charge in [0.15, 0.2) is 11.5 Å². The average Bonchev–Trinajstić information content (AvgIpc) is 2.72. The molecule has 0 radical (unpaired) electrons. The monoisotopic (exact) mass is 436 g/mol. The van der Waals surface area contributed by atoms with Crippen molar-refractivity contribution < 1.29 is 9.47 Å². The molecule has 0 aliphatic heterocycles. The molecule has 0 fully saturated rings. The zero-order chi connectivity index (χ0) is 19.5. The number of ether oxygens (including phenoxy) is 2. The molecule has 5 nitrogen and oxygen atoms in total. The van der Waals surface area contributed by atoms with Gasteiger partial charge >= 0.3 is 0 Å². The highest BCUT2D eigenvalue weighted by Gasteiger charge is 2.16. The predicted molar refractivity (Wildman–Crippen MR) is 113 cm³/mol. The molecule has 4 rings (SSSR count). The lowest BCUT2D eigenvalue weighted by Gasteiger charge is -2.15. The second-order valence-corrected chi connectivity index (χ2v) is 7.10. The Balaban J connectivity index is 1.78. The molecule has 0 bridgehead atoms. The van der Waals surface area contributed by atoms with Crippen molar-refractivity contribution in [1.82, 2.24) is 9.97 Å². The molecule has 0 aliphatic rings. The molecule has 0 saturated heterocycles. The van der Waals surface area contributed by atoms with Gasteiger partial charge in [0.2, 0.25) is 0 Å². The van der Waals surface area contributed by atoms with Gasteiger partial charge < -0.3 is 14.5 Å². The van der Waals surface area contributed by atoms with Gasteiger partial charge in [0.1, 0.15) is 12.4 Å². The zero-order valence-electron chi connectivity index (χ0n) is 15.1. The van der Waals surface area contributed by atoms with Crippen LogP contribution in [0.15, 0.2) is 76.0 Å². The molecule has 0 saturated carbocycles. The minimum absolute atomic E-state index is 0.193. The summed E-state index contributed by atoms with van der Waals surface area (Å²) in [5.74, 6) is 1.54. The Morgan fingerprint density at radius 2 is 1.86 bits per heavy atom. The molecular formula is C22H17BrN2O3. The minimum Gasteiger partial charge on any atom is -0.493 e. The number of nitrogens with one attached hydrogen (secondary N) is 1. The van der Waals surface area contributed by atoms with Crippen molar-refractivity contribution in [2.75, 3.05) is 7.11 Å². The molecule has 0 unspecified atom stereocenters. The van der Waals surface area contributed by atoms with Crippen LogP contribution in [0, 0.1) is 0 Å². The van der Waals surface area contributed by atoms with Crippen LogP contribution in [0.25, 0.3) is 22.3 Å². The fourth-order valence-corrected chi connectivity index (χ4v) is 3.45. The number of nitrogens with zero attached hydrogens (tertiary/aromatic N) is 1. The van der Waals surface area contributed by atoms with Crippen molar-refractivity contribution in [2.24, 2.45) is 0 Å². The smallest absolute Gasteiger partial charge is 0.259 e. The van der Waals surface area contributed by atoms with Gasteiger partial charge in [-0.1, -0.05) is 46.3 Å². The van der Waals surface area contributed by atoms with Gasteiger partial charge in [-0.15, -0.1) is 0 Å². The van der Waals surface area contributed by atoms with Crippen LogP contribution in [0.3, 0.4) is 0 Å². The van der Waals surface area contributed by atoms with E-state index in [1.165, 1.54) is 0 Å². The highest BCUT2D eigenvalue weighted by atomic mass is 79.9. The Morgan fingerprint density at radius 1 is 1.04 bits per heavy atom. The molecule has 1 aromatic heterocycles. The second kappa shape index (κ2) is 7.86. The van der Waals surface area contributed by atoms with E-state index in [4.69, 9.17) is 9.47 Å². The first-order valence-corrected chi connectivity index (χ1v) is 9.48. The van der Waals surface area contributed by atoms with Gasteiger partial charge in [0.05, 0.1) is 23.6 Å². The highest BCUT2D eigenvalue weighted by molar-refractivity contribution is 9.10. The summed E-state index contributed by atoms with van der Waals surface area (Å²) in [5.41, 5.74) is 2.10. The van der Waals surface area contributed by atoms with Crippen molar-refractivity contribution in [3.63, 3.8) is 0 Å². The largest absolute Gasteiger partial charge is 0.493 e. The van der Waals surface area contributed by atoms with Crippen molar-refractivity contribution >= 4 is 26.8 Å². The third-order valence-corrected chi connectivity index (χ3v) is 4.83. The van der Waals surface area contributed by atoms with E-state index in [9.17, 15) is 4.79 Å². The molecule has 3 aromatic carbocycles. The van der Waals surface area contributed by atoms with Crippen molar-refractivity contribution in [3.05, 3.63) is 87.1 Å². The molecule has 140 valence electrons. The number of H-pyrrole nitrogens is 1. The van der Waals surface area contributed by atoms with Gasteiger partial charge in [-0.25, -0.2) is 4.98 Å². The standard InChI is InChI=1S/C22H17BrN2O3/c1-27-19-11-5-9-17(20(19)28-13-14-6-4-7-15(23)12-14)21-24-18-10-3-2-8-16(18)22(26)25-21/h2-12H,13H2,1H3,(H,24,25,26). The fourth-order valence-electron chi connectivity index (χ4n) is 3.01. The molecule has 28 heavy (non-hydrogen) atoms. The molecule has 4 aromatic rings. The number of hydrogen-bond donors (Lipinski definition) is 1. The zero-order valence-corrected chi connectivity index (χ0v) is 16.7. The molecular weight excluding hydrogens is 420 g/mol. The van der Waals surface area contributed by atoms with Gasteiger partial charge in [0, 0.05) is 4.47 Å². The number of aromatic amines is 1. The predicted octanol–water partition coefficient (Wildman–Crippen LogP) is 4.94. The van der Waals surface area contributed by atoms with Crippen LogP contribution < -0.4 is 15.0 Å². The Labute approximate surface area is 170 Å². The van der Waals surface area contributed by atoms with E-state index in [1.54, 1.807) is 13.2 Å². The van der Waals surface area contributed by atoms with E-state index >= 15 is 0 Å². The molecule has 0 amide bonds. The number of hydrogen-bond acceptors (Lipinski definition) is 4. The lowest BCUT2D eigenvalue weighted by molar-refractivity contribution is 0.285. The van der Waals surface area contributed by atoms with E-state index in [0.717, 1.165) is 10.0 Å². The van der Waals surface area contributed by atoms with E-state index in [2.05, 4.69) is 25.9 Å². The van der Waals surface area contributed by atoms with E-state index in [-0.39, 0.29) is 5.56 Å². The van der Waals surface area contributed by atoms with Crippen molar-refractivity contribution in [3.8, 4) is 22.9 Å². The van der Waals surface area contributed by atoms with Crippen molar-refractivity contribution in [1.29, 1.82) is 0 Å². The maximum Gasteiger partial charge on any atom is 0.259 e. The van der Waals surface area contributed by atoms with Crippen LogP contribution in [-0.4, -0.2) is 17.1 Å². The summed E-state index contributed by atoms with van der Waals surface area (Å²) in [4.78, 5) is 20.0. The summed E-state index contributed by atoms with van der Waals surface area (Å²) in [6, 6.07) is 20.6.